The summed E-state index contributed by atoms with van der Waals surface area (Å²) in [5.74, 6) is -0.990. The van der Waals surface area contributed by atoms with Crippen molar-refractivity contribution >= 4 is 34.2 Å². The smallest absolute Gasteiger partial charge is 0.341 e. The van der Waals surface area contributed by atoms with Crippen LogP contribution in [0, 0.1) is 11.3 Å². The lowest BCUT2D eigenvalue weighted by Gasteiger charge is -2.15. The Morgan fingerprint density at radius 2 is 1.87 bits per heavy atom. The van der Waals surface area contributed by atoms with Gasteiger partial charge in [0.15, 0.2) is 0 Å². The summed E-state index contributed by atoms with van der Waals surface area (Å²) < 4.78 is 10.5. The fourth-order valence-corrected chi connectivity index (χ4v) is 2.87. The fraction of sp³-hybridized carbons (Fsp3) is 0.217. The molecule has 0 bridgehead atoms. The molecule has 0 radical (unpaired) electrons. The SMILES string of the molecule is CCOC(=O)c1cnc2ccc(C(=O)OC(C)C)cc2c1Nc1ccc(C#N)cc1. The van der Waals surface area contributed by atoms with Gasteiger partial charge in [0.2, 0.25) is 0 Å². The highest BCUT2D eigenvalue weighted by molar-refractivity contribution is 6.07. The van der Waals surface area contributed by atoms with Crippen molar-refractivity contribution in [1.82, 2.24) is 4.98 Å². The summed E-state index contributed by atoms with van der Waals surface area (Å²) in [6.45, 7) is 5.49. The van der Waals surface area contributed by atoms with E-state index in [2.05, 4.69) is 16.4 Å². The topological polar surface area (TPSA) is 101 Å². The Hall–Kier alpha value is -3.92. The first-order chi connectivity index (χ1) is 14.4. The molecular formula is C23H21N3O4. The van der Waals surface area contributed by atoms with Gasteiger partial charge in [0.25, 0.3) is 0 Å². The summed E-state index contributed by atoms with van der Waals surface area (Å²) in [6, 6.07) is 13.8. The zero-order valence-electron chi connectivity index (χ0n) is 16.9. The third kappa shape index (κ3) is 4.55. The van der Waals surface area contributed by atoms with Crippen LogP contribution in [0.15, 0.2) is 48.7 Å². The monoisotopic (exact) mass is 403 g/mol. The van der Waals surface area contributed by atoms with Gasteiger partial charge in [-0.25, -0.2) is 9.59 Å². The van der Waals surface area contributed by atoms with Gasteiger partial charge >= 0.3 is 11.9 Å². The molecule has 1 N–H and O–H groups in total. The minimum Gasteiger partial charge on any atom is -0.462 e. The molecule has 0 aliphatic rings. The van der Waals surface area contributed by atoms with E-state index in [-0.39, 0.29) is 18.3 Å². The molecule has 0 fully saturated rings. The molecule has 1 aromatic heterocycles. The van der Waals surface area contributed by atoms with Gasteiger partial charge in [0, 0.05) is 17.3 Å². The van der Waals surface area contributed by atoms with E-state index in [1.165, 1.54) is 6.20 Å². The number of anilines is 2. The number of benzene rings is 2. The van der Waals surface area contributed by atoms with Crippen molar-refractivity contribution in [2.24, 2.45) is 0 Å². The minimum absolute atomic E-state index is 0.216. The average molecular weight is 403 g/mol. The van der Waals surface area contributed by atoms with Crippen molar-refractivity contribution < 1.29 is 19.1 Å². The predicted molar refractivity (Wildman–Crippen MR) is 113 cm³/mol. The van der Waals surface area contributed by atoms with Crippen molar-refractivity contribution in [3.63, 3.8) is 0 Å². The maximum atomic E-state index is 12.5. The summed E-state index contributed by atoms with van der Waals surface area (Å²) in [5, 5.41) is 12.8. The van der Waals surface area contributed by atoms with Gasteiger partial charge < -0.3 is 14.8 Å². The Morgan fingerprint density at radius 1 is 1.13 bits per heavy atom. The minimum atomic E-state index is -0.529. The van der Waals surface area contributed by atoms with Crippen LogP contribution in [-0.2, 0) is 9.47 Å². The molecule has 152 valence electrons. The molecule has 0 spiro atoms. The Kier molecular flexibility index (Phi) is 6.28. The number of aromatic nitrogens is 1. The number of esters is 2. The van der Waals surface area contributed by atoms with Gasteiger partial charge in [-0.1, -0.05) is 0 Å². The summed E-state index contributed by atoms with van der Waals surface area (Å²) in [6.07, 6.45) is 1.19. The first-order valence-electron chi connectivity index (χ1n) is 9.51. The molecule has 0 unspecified atom stereocenters. The van der Waals surface area contributed by atoms with Crippen LogP contribution in [0.3, 0.4) is 0 Å². The highest BCUT2D eigenvalue weighted by Crippen LogP contribution is 2.31. The molecule has 30 heavy (non-hydrogen) atoms. The van der Waals surface area contributed by atoms with Crippen molar-refractivity contribution in [2.75, 3.05) is 11.9 Å². The van der Waals surface area contributed by atoms with Crippen LogP contribution in [0.5, 0.6) is 0 Å². The number of hydrogen-bond acceptors (Lipinski definition) is 7. The number of carbonyl (C=O) groups excluding carboxylic acids is 2. The number of hydrogen-bond donors (Lipinski definition) is 1. The predicted octanol–water partition coefficient (Wildman–Crippen LogP) is 4.59. The third-order valence-electron chi connectivity index (χ3n) is 4.23. The number of nitrogens with one attached hydrogen (secondary N) is 1. The summed E-state index contributed by atoms with van der Waals surface area (Å²) in [7, 11) is 0. The highest BCUT2D eigenvalue weighted by Gasteiger charge is 2.19. The maximum Gasteiger partial charge on any atom is 0.341 e. The quantitative estimate of drug-likeness (QED) is 0.601. The van der Waals surface area contributed by atoms with Gasteiger partial charge in [-0.15, -0.1) is 0 Å². The normalized spacial score (nSPS) is 10.5. The van der Waals surface area contributed by atoms with Crippen molar-refractivity contribution in [3.8, 4) is 6.07 Å². The average Bonchev–Trinajstić information content (AvgIpc) is 2.73. The molecule has 2 aromatic carbocycles. The van der Waals surface area contributed by atoms with Gasteiger partial charge in [0.1, 0.15) is 5.56 Å². The Morgan fingerprint density at radius 3 is 2.50 bits per heavy atom. The van der Waals surface area contributed by atoms with Crippen molar-refractivity contribution in [2.45, 2.75) is 26.9 Å². The molecule has 7 nitrogen and oxygen atoms in total. The van der Waals surface area contributed by atoms with E-state index >= 15 is 0 Å². The molecule has 0 saturated carbocycles. The van der Waals surface area contributed by atoms with Crippen LogP contribution in [0.25, 0.3) is 10.9 Å². The molecule has 0 aliphatic carbocycles. The standard InChI is InChI=1S/C23H21N3O4/c1-4-29-23(28)19-13-25-20-10-7-16(22(27)30-14(2)3)11-18(20)21(19)26-17-8-5-15(12-24)6-9-17/h5-11,13-14H,4H2,1-3H3,(H,25,26). The fourth-order valence-electron chi connectivity index (χ4n) is 2.87. The summed E-state index contributed by atoms with van der Waals surface area (Å²) in [4.78, 5) is 29.2. The lowest BCUT2D eigenvalue weighted by Crippen LogP contribution is -2.12. The molecule has 7 heteroatoms. The molecular weight excluding hydrogens is 382 g/mol. The number of carbonyl (C=O) groups is 2. The number of nitrogens with zero attached hydrogens (tertiary/aromatic N) is 2. The van der Waals surface area contributed by atoms with Crippen LogP contribution in [0.2, 0.25) is 0 Å². The van der Waals surface area contributed by atoms with E-state index in [0.29, 0.717) is 33.4 Å². The second kappa shape index (κ2) is 9.05. The first-order valence-corrected chi connectivity index (χ1v) is 9.51. The van der Waals surface area contributed by atoms with E-state index in [9.17, 15) is 9.59 Å². The van der Waals surface area contributed by atoms with Crippen molar-refractivity contribution in [1.29, 1.82) is 5.26 Å². The first kappa shape index (κ1) is 20.8. The van der Waals surface area contributed by atoms with Crippen LogP contribution >= 0.6 is 0 Å². The Labute approximate surface area is 174 Å². The van der Waals surface area contributed by atoms with E-state index < -0.39 is 11.9 Å². The number of rotatable bonds is 6. The molecule has 3 rings (SSSR count). The molecule has 0 saturated heterocycles. The maximum absolute atomic E-state index is 12.5. The van der Waals surface area contributed by atoms with Gasteiger partial charge in [-0.2, -0.15) is 5.26 Å². The molecule has 1 heterocycles. The molecule has 0 aliphatic heterocycles. The molecule has 3 aromatic rings. The Bertz CT molecular complexity index is 1130. The highest BCUT2D eigenvalue weighted by atomic mass is 16.5. The number of nitriles is 1. The van der Waals surface area contributed by atoms with E-state index in [1.54, 1.807) is 63.2 Å². The van der Waals surface area contributed by atoms with Gasteiger partial charge in [0.05, 0.1) is 41.1 Å². The lowest BCUT2D eigenvalue weighted by molar-refractivity contribution is 0.0377. The lowest BCUT2D eigenvalue weighted by atomic mass is 10.1. The van der Waals surface area contributed by atoms with E-state index in [4.69, 9.17) is 14.7 Å². The van der Waals surface area contributed by atoms with E-state index in [0.717, 1.165) is 0 Å². The van der Waals surface area contributed by atoms with Crippen molar-refractivity contribution in [3.05, 3.63) is 65.4 Å². The molecule has 0 amide bonds. The van der Waals surface area contributed by atoms with E-state index in [1.807, 2.05) is 0 Å². The number of ether oxygens (including phenoxy) is 2. The summed E-state index contributed by atoms with van der Waals surface area (Å²) >= 11 is 0. The van der Waals surface area contributed by atoms with Crippen LogP contribution in [0.4, 0.5) is 11.4 Å². The summed E-state index contributed by atoms with van der Waals surface area (Å²) in [5.41, 5.74) is 2.83. The van der Waals surface area contributed by atoms with Gasteiger partial charge in [-0.05, 0) is 63.2 Å². The van der Waals surface area contributed by atoms with Gasteiger partial charge in [-0.3, -0.25) is 4.98 Å². The second-order valence-electron chi connectivity index (χ2n) is 6.77. The number of pyridine rings is 1. The van der Waals surface area contributed by atoms with Crippen LogP contribution in [-0.4, -0.2) is 29.6 Å². The number of fused-ring (bicyclic) bond motifs is 1. The Balaban J connectivity index is 2.14. The zero-order chi connectivity index (χ0) is 21.7. The third-order valence-corrected chi connectivity index (χ3v) is 4.23. The zero-order valence-corrected chi connectivity index (χ0v) is 16.9. The van der Waals surface area contributed by atoms with Crippen LogP contribution < -0.4 is 5.32 Å². The van der Waals surface area contributed by atoms with Crippen LogP contribution in [0.1, 0.15) is 47.1 Å². The largest absolute Gasteiger partial charge is 0.462 e. The second-order valence-corrected chi connectivity index (χ2v) is 6.77. The molecule has 0 atom stereocenters.